The quantitative estimate of drug-likeness (QED) is 0.609. The largest absolute Gasteiger partial charge is 0.300 e. The fourth-order valence-electron chi connectivity index (χ4n) is 4.29. The summed E-state index contributed by atoms with van der Waals surface area (Å²) < 4.78 is 6.73. The molecular weight excluding hydrogens is 324 g/mol. The third-order valence-electron chi connectivity index (χ3n) is 5.47. The Balaban J connectivity index is 1.79. The van der Waals surface area contributed by atoms with Gasteiger partial charge in [-0.2, -0.15) is 9.78 Å². The second-order valence-corrected chi connectivity index (χ2v) is 6.83. The maximum Gasteiger partial charge on any atom is 0.257 e. The molecule has 3 heteroatoms. The van der Waals surface area contributed by atoms with Gasteiger partial charge in [-0.05, 0) is 12.0 Å². The third-order valence-corrected chi connectivity index (χ3v) is 5.47. The molecule has 2 heterocycles. The minimum atomic E-state index is -1.06. The second kappa shape index (κ2) is 5.78. The Morgan fingerprint density at radius 3 is 2.04 bits per heavy atom. The summed E-state index contributed by atoms with van der Waals surface area (Å²) in [6.45, 7) is 2.16. The average molecular weight is 344 g/mol. The van der Waals surface area contributed by atoms with Crippen molar-refractivity contribution in [1.82, 2.24) is 0 Å². The Hall–Kier alpha value is -2.46. The smallest absolute Gasteiger partial charge is 0.257 e. The van der Waals surface area contributed by atoms with E-state index in [4.69, 9.17) is 14.5 Å². The fourth-order valence-corrected chi connectivity index (χ4v) is 4.29. The van der Waals surface area contributed by atoms with Gasteiger partial charge in [0.15, 0.2) is 0 Å². The van der Waals surface area contributed by atoms with Crippen LogP contribution in [-0.2, 0) is 26.1 Å². The monoisotopic (exact) mass is 344 g/mol. The van der Waals surface area contributed by atoms with Crippen LogP contribution in [0.1, 0.15) is 41.5 Å². The first-order valence-corrected chi connectivity index (χ1v) is 9.07. The minimum absolute atomic E-state index is 0.0421. The van der Waals surface area contributed by atoms with Crippen LogP contribution in [0, 0.1) is 0 Å². The van der Waals surface area contributed by atoms with E-state index >= 15 is 0 Å². The second-order valence-electron chi connectivity index (χ2n) is 6.83. The zero-order valence-electron chi connectivity index (χ0n) is 14.6. The molecule has 0 aromatic heterocycles. The molecule has 3 aromatic rings. The fraction of sp³-hybridized carbons (Fsp3) is 0.217. The van der Waals surface area contributed by atoms with Gasteiger partial charge in [0.25, 0.3) is 5.79 Å². The van der Waals surface area contributed by atoms with Gasteiger partial charge in [-0.3, -0.25) is 4.74 Å². The van der Waals surface area contributed by atoms with E-state index < -0.39 is 11.6 Å². The van der Waals surface area contributed by atoms with Gasteiger partial charge in [0.05, 0.1) is 0 Å². The van der Waals surface area contributed by atoms with Crippen LogP contribution < -0.4 is 0 Å². The SMILES string of the molecule is CCC1c2ccccc2[C@@]2(c3ccccc3)OO[C@]1(c1ccccc1)O2. The lowest BCUT2D eigenvalue weighted by atomic mass is 9.76. The van der Waals surface area contributed by atoms with Crippen molar-refractivity contribution < 1.29 is 14.5 Å². The highest BCUT2D eigenvalue weighted by Gasteiger charge is 2.64. The molecule has 0 saturated carbocycles. The molecule has 0 spiro atoms. The molecule has 3 nitrogen and oxygen atoms in total. The Morgan fingerprint density at radius 1 is 0.731 bits per heavy atom. The van der Waals surface area contributed by atoms with E-state index in [0.717, 1.165) is 23.1 Å². The van der Waals surface area contributed by atoms with Crippen molar-refractivity contribution in [3.05, 3.63) is 107 Å². The molecule has 0 amide bonds. The summed E-state index contributed by atoms with van der Waals surface area (Å²) in [5, 5.41) is 0. The molecule has 3 aromatic carbocycles. The van der Waals surface area contributed by atoms with Crippen LogP contribution in [0.5, 0.6) is 0 Å². The van der Waals surface area contributed by atoms with Crippen LogP contribution in [0.25, 0.3) is 0 Å². The van der Waals surface area contributed by atoms with Gasteiger partial charge in [0.1, 0.15) is 0 Å². The van der Waals surface area contributed by atoms with Crippen molar-refractivity contribution in [2.45, 2.75) is 30.8 Å². The van der Waals surface area contributed by atoms with Crippen molar-refractivity contribution >= 4 is 0 Å². The van der Waals surface area contributed by atoms with Gasteiger partial charge in [-0.25, -0.2) is 0 Å². The highest BCUT2D eigenvalue weighted by atomic mass is 17.3. The van der Waals surface area contributed by atoms with E-state index in [-0.39, 0.29) is 5.92 Å². The molecule has 1 unspecified atom stereocenters. The van der Waals surface area contributed by atoms with E-state index in [9.17, 15) is 0 Å². The molecule has 5 rings (SSSR count). The van der Waals surface area contributed by atoms with Gasteiger partial charge in [-0.15, -0.1) is 0 Å². The summed E-state index contributed by atoms with van der Waals surface area (Å²) in [4.78, 5) is 12.1. The van der Waals surface area contributed by atoms with Crippen molar-refractivity contribution in [3.8, 4) is 0 Å². The predicted molar refractivity (Wildman–Crippen MR) is 98.1 cm³/mol. The molecule has 1 fully saturated rings. The lowest BCUT2D eigenvalue weighted by molar-refractivity contribution is -0.351. The zero-order chi connectivity index (χ0) is 17.6. The molecule has 2 bridgehead atoms. The van der Waals surface area contributed by atoms with Gasteiger partial charge in [0, 0.05) is 22.6 Å². The topological polar surface area (TPSA) is 27.7 Å². The molecule has 26 heavy (non-hydrogen) atoms. The van der Waals surface area contributed by atoms with Crippen LogP contribution in [0.4, 0.5) is 0 Å². The number of fused-ring (bicyclic) bond motifs is 4. The summed E-state index contributed by atoms with van der Waals surface area (Å²) in [6, 6.07) is 28.5. The maximum absolute atomic E-state index is 6.73. The van der Waals surface area contributed by atoms with Crippen LogP contribution in [0.15, 0.2) is 84.9 Å². The van der Waals surface area contributed by atoms with E-state index in [1.165, 1.54) is 5.56 Å². The highest BCUT2D eigenvalue weighted by Crippen LogP contribution is 2.61. The zero-order valence-corrected chi connectivity index (χ0v) is 14.6. The minimum Gasteiger partial charge on any atom is -0.300 e. The van der Waals surface area contributed by atoms with Crippen molar-refractivity contribution in [2.24, 2.45) is 0 Å². The summed E-state index contributed by atoms with van der Waals surface area (Å²) in [6.07, 6.45) is 0.875. The van der Waals surface area contributed by atoms with E-state index in [1.807, 2.05) is 66.7 Å². The third kappa shape index (κ3) is 1.99. The van der Waals surface area contributed by atoms with E-state index in [2.05, 4.69) is 25.1 Å². The van der Waals surface area contributed by atoms with Crippen LogP contribution in [0.2, 0.25) is 0 Å². The standard InChI is InChI=1S/C23H20O3/c1-2-20-19-15-9-10-16-21(19)23(18-13-7-4-8-14-18)24-22(20,25-26-23)17-11-5-3-6-12-17/h3-16,20H,2H2,1H3/t20?,22-,23+/m0/s1. The Morgan fingerprint density at radius 2 is 1.35 bits per heavy atom. The van der Waals surface area contributed by atoms with Gasteiger partial charge in [-0.1, -0.05) is 91.9 Å². The molecule has 0 N–H and O–H groups in total. The molecule has 2 aliphatic rings. The van der Waals surface area contributed by atoms with Gasteiger partial charge < -0.3 is 0 Å². The average Bonchev–Trinajstić information content (AvgIpc) is 3.08. The first-order valence-electron chi connectivity index (χ1n) is 9.07. The number of hydrogen-bond acceptors (Lipinski definition) is 3. The number of ether oxygens (including phenoxy) is 1. The van der Waals surface area contributed by atoms with E-state index in [1.54, 1.807) is 0 Å². The van der Waals surface area contributed by atoms with E-state index in [0.29, 0.717) is 0 Å². The summed E-state index contributed by atoms with van der Waals surface area (Å²) >= 11 is 0. The van der Waals surface area contributed by atoms with Crippen LogP contribution in [0.3, 0.4) is 0 Å². The lowest BCUT2D eigenvalue weighted by Gasteiger charge is -2.41. The molecular formula is C23H20O3. The van der Waals surface area contributed by atoms with Gasteiger partial charge >= 0.3 is 0 Å². The van der Waals surface area contributed by atoms with Crippen LogP contribution in [-0.4, -0.2) is 0 Å². The molecule has 2 aliphatic heterocycles. The molecule has 1 saturated heterocycles. The summed E-state index contributed by atoms with van der Waals surface area (Å²) in [7, 11) is 0. The first-order chi connectivity index (χ1) is 12.8. The number of hydrogen-bond donors (Lipinski definition) is 0. The normalized spacial score (nSPS) is 29.3. The Kier molecular flexibility index (Phi) is 3.50. The Labute approximate surface area is 153 Å². The van der Waals surface area contributed by atoms with Crippen molar-refractivity contribution in [1.29, 1.82) is 0 Å². The maximum atomic E-state index is 6.73. The summed E-state index contributed by atoms with van der Waals surface area (Å²) in [5.74, 6) is -1.97. The molecule has 130 valence electrons. The number of rotatable bonds is 3. The number of benzene rings is 3. The van der Waals surface area contributed by atoms with Crippen LogP contribution >= 0.6 is 0 Å². The Bertz CT molecular complexity index is 924. The van der Waals surface area contributed by atoms with Crippen molar-refractivity contribution in [2.75, 3.05) is 0 Å². The predicted octanol–water partition coefficient (Wildman–Crippen LogP) is 5.23. The molecule has 0 aliphatic carbocycles. The molecule has 3 atom stereocenters. The summed E-state index contributed by atoms with van der Waals surface area (Å²) in [5.41, 5.74) is 4.13. The van der Waals surface area contributed by atoms with Gasteiger partial charge in [0.2, 0.25) is 5.79 Å². The first kappa shape index (κ1) is 15.8. The van der Waals surface area contributed by atoms with Crippen molar-refractivity contribution in [3.63, 3.8) is 0 Å². The highest BCUT2D eigenvalue weighted by molar-refractivity contribution is 5.46. The lowest BCUT2D eigenvalue weighted by Crippen LogP contribution is -2.43. The molecule has 0 radical (unpaired) electrons.